The lowest BCUT2D eigenvalue weighted by Crippen LogP contribution is -2.11. The van der Waals surface area contributed by atoms with Crippen molar-refractivity contribution in [1.29, 1.82) is 0 Å². The molecule has 0 saturated heterocycles. The van der Waals surface area contributed by atoms with E-state index >= 15 is 0 Å². The van der Waals surface area contributed by atoms with Gasteiger partial charge in [0.25, 0.3) is 0 Å². The fourth-order valence-corrected chi connectivity index (χ4v) is 2.07. The van der Waals surface area contributed by atoms with Crippen molar-refractivity contribution in [3.8, 4) is 0 Å². The minimum atomic E-state index is -0.903. The molecule has 2 nitrogen and oxygen atoms in total. The van der Waals surface area contributed by atoms with Crippen LogP contribution < -0.4 is 5.32 Å². The molecule has 0 aromatic carbocycles. The molecule has 0 aromatic heterocycles. The fourth-order valence-electron chi connectivity index (χ4n) is 1.05. The molecule has 0 spiro atoms. The summed E-state index contributed by atoms with van der Waals surface area (Å²) in [5, 5.41) is 5.54. The van der Waals surface area contributed by atoms with Crippen LogP contribution >= 0.6 is 0 Å². The molecule has 2 aliphatic rings. The van der Waals surface area contributed by atoms with Crippen molar-refractivity contribution in [2.75, 3.05) is 0 Å². The van der Waals surface area contributed by atoms with Gasteiger partial charge in [-0.2, -0.15) is 0 Å². The molecule has 0 fully saturated rings. The summed E-state index contributed by atoms with van der Waals surface area (Å²) in [5.74, 6) is 0. The van der Waals surface area contributed by atoms with Gasteiger partial charge < -0.3 is 5.32 Å². The van der Waals surface area contributed by atoms with Gasteiger partial charge in [-0.25, -0.2) is 4.21 Å². The zero-order chi connectivity index (χ0) is 6.97. The Morgan fingerprint density at radius 2 is 2.50 bits per heavy atom. The fraction of sp³-hybridized carbons (Fsp3) is 0.143. The summed E-state index contributed by atoms with van der Waals surface area (Å²) in [5.41, 5.74) is 1.15. The summed E-state index contributed by atoms with van der Waals surface area (Å²) in [4.78, 5) is 0. The number of nitrogens with one attached hydrogen (secondary N) is 1. The molecule has 0 saturated carbocycles. The second-order valence-corrected chi connectivity index (χ2v) is 3.48. The van der Waals surface area contributed by atoms with Crippen molar-refractivity contribution in [3.05, 3.63) is 34.4 Å². The summed E-state index contributed by atoms with van der Waals surface area (Å²) in [6, 6.07) is 0. The molecule has 0 radical (unpaired) electrons. The van der Waals surface area contributed by atoms with Gasteiger partial charge in [-0.1, -0.05) is 6.08 Å². The Bertz CT molecular complexity index is 265. The van der Waals surface area contributed by atoms with Crippen molar-refractivity contribution < 1.29 is 4.21 Å². The zero-order valence-corrected chi connectivity index (χ0v) is 6.15. The summed E-state index contributed by atoms with van der Waals surface area (Å²) in [7, 11) is -0.903. The monoisotopic (exact) mass is 153 g/mol. The largest absolute Gasteiger partial charge is 0.354 e. The first kappa shape index (κ1) is 5.92. The normalized spacial score (nSPS) is 28.6. The van der Waals surface area contributed by atoms with Crippen LogP contribution in [0.3, 0.4) is 0 Å². The van der Waals surface area contributed by atoms with Crippen molar-refractivity contribution >= 4 is 10.8 Å². The minimum absolute atomic E-state index is 0.863. The van der Waals surface area contributed by atoms with Crippen LogP contribution in [0.2, 0.25) is 0 Å². The summed E-state index contributed by atoms with van der Waals surface area (Å²) < 4.78 is 11.1. The summed E-state index contributed by atoms with van der Waals surface area (Å²) in [6.45, 7) is 0. The Hall–Kier alpha value is -0.830. The molecule has 2 rings (SSSR count). The number of hydrogen-bond donors (Lipinski definition) is 1. The standard InChI is InChI=1S/C7H7NOS/c9-10-5-3-6-2-1-4-8-7(6)10/h1,3-5,8H,2H2. The van der Waals surface area contributed by atoms with E-state index in [1.807, 2.05) is 18.4 Å². The lowest BCUT2D eigenvalue weighted by atomic mass is 10.2. The van der Waals surface area contributed by atoms with Gasteiger partial charge in [-0.05, 0) is 24.3 Å². The van der Waals surface area contributed by atoms with Crippen molar-refractivity contribution in [2.45, 2.75) is 6.42 Å². The third-order valence-electron chi connectivity index (χ3n) is 1.56. The van der Waals surface area contributed by atoms with Gasteiger partial charge >= 0.3 is 0 Å². The van der Waals surface area contributed by atoms with E-state index in [9.17, 15) is 4.21 Å². The van der Waals surface area contributed by atoms with E-state index in [1.54, 1.807) is 5.41 Å². The SMILES string of the molecule is O=S1C=CC2=C1NC=CC2. The predicted octanol–water partition coefficient (Wildman–Crippen LogP) is 0.981. The third-order valence-corrected chi connectivity index (χ3v) is 2.72. The Morgan fingerprint density at radius 1 is 1.60 bits per heavy atom. The Balaban J connectivity index is 2.38. The van der Waals surface area contributed by atoms with Gasteiger partial charge in [-0.3, -0.25) is 0 Å². The predicted molar refractivity (Wildman–Crippen MR) is 41.2 cm³/mol. The average molecular weight is 153 g/mol. The van der Waals surface area contributed by atoms with E-state index in [4.69, 9.17) is 0 Å². The molecule has 0 aliphatic carbocycles. The van der Waals surface area contributed by atoms with Crippen LogP contribution in [0, 0.1) is 0 Å². The van der Waals surface area contributed by atoms with Crippen LogP contribution in [0.15, 0.2) is 34.4 Å². The van der Waals surface area contributed by atoms with Gasteiger partial charge in [0.2, 0.25) is 0 Å². The van der Waals surface area contributed by atoms with E-state index in [2.05, 4.69) is 5.32 Å². The zero-order valence-electron chi connectivity index (χ0n) is 5.33. The Morgan fingerprint density at radius 3 is 3.30 bits per heavy atom. The summed E-state index contributed by atoms with van der Waals surface area (Å²) >= 11 is 0. The third kappa shape index (κ3) is 0.743. The van der Waals surface area contributed by atoms with Crippen LogP contribution in [0.5, 0.6) is 0 Å². The lowest BCUT2D eigenvalue weighted by molar-refractivity contribution is 0.690. The van der Waals surface area contributed by atoms with E-state index in [0.717, 1.165) is 17.0 Å². The second kappa shape index (κ2) is 2.09. The topological polar surface area (TPSA) is 29.1 Å². The first-order valence-electron chi connectivity index (χ1n) is 3.11. The van der Waals surface area contributed by atoms with Crippen LogP contribution in [0.25, 0.3) is 0 Å². The number of hydrogen-bond acceptors (Lipinski definition) is 2. The van der Waals surface area contributed by atoms with Crippen LogP contribution in [0.1, 0.15) is 6.42 Å². The molecule has 3 heteroatoms. The molecule has 1 atom stereocenters. The highest BCUT2D eigenvalue weighted by atomic mass is 32.2. The van der Waals surface area contributed by atoms with Crippen LogP contribution in [0.4, 0.5) is 0 Å². The molecule has 0 bridgehead atoms. The van der Waals surface area contributed by atoms with Gasteiger partial charge in [0.1, 0.15) is 5.03 Å². The average Bonchev–Trinajstić information content (AvgIpc) is 2.34. The smallest absolute Gasteiger partial charge is 0.111 e. The lowest BCUT2D eigenvalue weighted by Gasteiger charge is -2.07. The Kier molecular flexibility index (Phi) is 1.24. The van der Waals surface area contributed by atoms with Gasteiger partial charge in [0.05, 0.1) is 10.8 Å². The maximum Gasteiger partial charge on any atom is 0.111 e. The minimum Gasteiger partial charge on any atom is -0.354 e. The first-order chi connectivity index (χ1) is 4.88. The van der Waals surface area contributed by atoms with Crippen LogP contribution in [-0.4, -0.2) is 4.21 Å². The number of allylic oxidation sites excluding steroid dienone is 3. The highest BCUT2D eigenvalue weighted by molar-refractivity contribution is 7.92. The Labute approximate surface area is 61.8 Å². The van der Waals surface area contributed by atoms with Crippen molar-refractivity contribution in [1.82, 2.24) is 5.32 Å². The van der Waals surface area contributed by atoms with Gasteiger partial charge in [0.15, 0.2) is 0 Å². The van der Waals surface area contributed by atoms with E-state index < -0.39 is 10.8 Å². The van der Waals surface area contributed by atoms with Gasteiger partial charge in [-0.15, -0.1) is 0 Å². The van der Waals surface area contributed by atoms with E-state index in [1.165, 1.54) is 0 Å². The highest BCUT2D eigenvalue weighted by Gasteiger charge is 2.15. The molecule has 0 aromatic rings. The molecule has 2 heterocycles. The van der Waals surface area contributed by atoms with Crippen LogP contribution in [-0.2, 0) is 10.8 Å². The van der Waals surface area contributed by atoms with Crippen molar-refractivity contribution in [3.63, 3.8) is 0 Å². The molecule has 1 unspecified atom stereocenters. The highest BCUT2D eigenvalue weighted by Crippen LogP contribution is 2.22. The van der Waals surface area contributed by atoms with Crippen molar-refractivity contribution in [2.24, 2.45) is 0 Å². The second-order valence-electron chi connectivity index (χ2n) is 2.21. The maximum absolute atomic E-state index is 11.1. The molecule has 1 N–H and O–H groups in total. The molecule has 52 valence electrons. The number of dihydropyridines is 1. The molecule has 2 aliphatic heterocycles. The molecule has 10 heavy (non-hydrogen) atoms. The molecular formula is C7H7NOS. The number of rotatable bonds is 0. The quantitative estimate of drug-likeness (QED) is 0.562. The maximum atomic E-state index is 11.1. The first-order valence-corrected chi connectivity index (χ1v) is 4.33. The molecule has 0 amide bonds. The van der Waals surface area contributed by atoms with E-state index in [-0.39, 0.29) is 0 Å². The molecular weight excluding hydrogens is 146 g/mol. The van der Waals surface area contributed by atoms with Gasteiger partial charge in [0, 0.05) is 5.41 Å². The van der Waals surface area contributed by atoms with E-state index in [0.29, 0.717) is 0 Å². The summed E-state index contributed by atoms with van der Waals surface area (Å²) in [6.07, 6.45) is 6.68.